The van der Waals surface area contributed by atoms with E-state index in [4.69, 9.17) is 0 Å². The smallest absolute Gasteiger partial charge is 0.149 e. The zero-order valence-electron chi connectivity index (χ0n) is 5.13. The fourth-order valence-corrected chi connectivity index (χ4v) is 0.761. The number of carbonyl (C=O) groups excluding carboxylic acids is 1. The van der Waals surface area contributed by atoms with Gasteiger partial charge in [0.25, 0.3) is 0 Å². The van der Waals surface area contributed by atoms with Crippen molar-refractivity contribution in [3.8, 4) is 0 Å². The Kier molecular flexibility index (Phi) is 1.63. The van der Waals surface area contributed by atoms with Crippen molar-refractivity contribution in [1.29, 1.82) is 0 Å². The van der Waals surface area contributed by atoms with E-state index < -0.39 is 0 Å². The minimum Gasteiger partial charge on any atom is -0.298 e. The van der Waals surface area contributed by atoms with Gasteiger partial charge in [0.05, 0.1) is 0 Å². The molecule has 0 fully saturated rings. The Balaban J connectivity index is 2.65. The second kappa shape index (κ2) is 2.44. The van der Waals surface area contributed by atoms with Crippen LogP contribution in [0.3, 0.4) is 0 Å². The van der Waals surface area contributed by atoms with Crippen molar-refractivity contribution in [2.45, 2.75) is 6.42 Å². The Bertz CT molecular complexity index is 197. The molecule has 0 aromatic carbocycles. The van der Waals surface area contributed by atoms with E-state index in [1.54, 1.807) is 0 Å². The van der Waals surface area contributed by atoms with Gasteiger partial charge < -0.3 is 0 Å². The number of allylic oxidation sites excluding steroid dienone is 5. The minimum absolute atomic E-state index is 0.597. The summed E-state index contributed by atoms with van der Waals surface area (Å²) in [6, 6.07) is 0. The van der Waals surface area contributed by atoms with Crippen LogP contribution < -0.4 is 0 Å². The topological polar surface area (TPSA) is 17.1 Å². The molecule has 0 unspecified atom stereocenters. The molecule has 0 radical (unpaired) electrons. The molecule has 0 saturated carbocycles. The minimum atomic E-state index is 0.597. The molecule has 1 heteroatoms. The number of hydrogen-bond donors (Lipinski definition) is 0. The van der Waals surface area contributed by atoms with Crippen LogP contribution in [-0.2, 0) is 4.79 Å². The molecule has 1 aliphatic carbocycles. The molecule has 0 bridgehead atoms. The lowest BCUT2D eigenvalue weighted by atomic mass is 10.1. The van der Waals surface area contributed by atoms with Crippen LogP contribution in [0.4, 0.5) is 0 Å². The van der Waals surface area contributed by atoms with Gasteiger partial charge in [-0.1, -0.05) is 24.8 Å². The molecule has 0 aromatic heterocycles. The summed E-state index contributed by atoms with van der Waals surface area (Å²) in [5.41, 5.74) is 1.63. The van der Waals surface area contributed by atoms with Crippen LogP contribution in [0.2, 0.25) is 0 Å². The van der Waals surface area contributed by atoms with E-state index in [2.05, 4.69) is 6.58 Å². The Labute approximate surface area is 54.4 Å². The van der Waals surface area contributed by atoms with E-state index in [0.717, 1.165) is 18.3 Å². The summed E-state index contributed by atoms with van der Waals surface area (Å²) >= 11 is 0. The fourth-order valence-electron chi connectivity index (χ4n) is 0.761. The van der Waals surface area contributed by atoms with Gasteiger partial charge in [-0.2, -0.15) is 0 Å². The molecule has 1 nitrogen and oxygen atoms in total. The van der Waals surface area contributed by atoms with E-state index in [1.165, 1.54) is 0 Å². The standard InChI is InChI=1S/C8H8O/c1-7(6-9)8-4-2-3-5-8/h2-4,6H,1,5H2. The van der Waals surface area contributed by atoms with Crippen molar-refractivity contribution >= 4 is 6.29 Å². The zero-order valence-corrected chi connectivity index (χ0v) is 5.13. The second-order valence-electron chi connectivity index (χ2n) is 1.97. The molecule has 0 heterocycles. The van der Waals surface area contributed by atoms with Crippen LogP contribution in [0.15, 0.2) is 36.0 Å². The number of rotatable bonds is 2. The van der Waals surface area contributed by atoms with Crippen LogP contribution >= 0.6 is 0 Å². The molecule has 0 spiro atoms. The van der Waals surface area contributed by atoms with Crippen molar-refractivity contribution in [2.75, 3.05) is 0 Å². The zero-order chi connectivity index (χ0) is 6.69. The first-order valence-corrected chi connectivity index (χ1v) is 2.85. The third kappa shape index (κ3) is 1.17. The Morgan fingerprint density at radius 1 is 1.78 bits per heavy atom. The van der Waals surface area contributed by atoms with E-state index in [9.17, 15) is 4.79 Å². The van der Waals surface area contributed by atoms with Gasteiger partial charge in [0.2, 0.25) is 0 Å². The van der Waals surface area contributed by atoms with Gasteiger partial charge in [0.15, 0.2) is 0 Å². The summed E-state index contributed by atoms with van der Waals surface area (Å²) in [7, 11) is 0. The van der Waals surface area contributed by atoms with E-state index >= 15 is 0 Å². The lowest BCUT2D eigenvalue weighted by Crippen LogP contribution is -1.84. The monoisotopic (exact) mass is 120 g/mol. The predicted octanol–water partition coefficient (Wildman–Crippen LogP) is 1.63. The average Bonchev–Trinajstić information content (AvgIpc) is 2.37. The Morgan fingerprint density at radius 2 is 2.56 bits per heavy atom. The summed E-state index contributed by atoms with van der Waals surface area (Å²) in [6.07, 6.45) is 7.50. The van der Waals surface area contributed by atoms with Crippen molar-refractivity contribution in [3.05, 3.63) is 36.0 Å². The van der Waals surface area contributed by atoms with Crippen LogP contribution in [0.25, 0.3) is 0 Å². The quantitative estimate of drug-likeness (QED) is 0.400. The van der Waals surface area contributed by atoms with Crippen molar-refractivity contribution < 1.29 is 4.79 Å². The Hall–Kier alpha value is -1.11. The van der Waals surface area contributed by atoms with Gasteiger partial charge in [-0.3, -0.25) is 4.79 Å². The number of carbonyl (C=O) groups is 1. The highest BCUT2D eigenvalue weighted by Crippen LogP contribution is 2.15. The SMILES string of the molecule is C=C(C=O)C1=CC=CC1. The van der Waals surface area contributed by atoms with Crippen molar-refractivity contribution in [2.24, 2.45) is 0 Å². The highest BCUT2D eigenvalue weighted by molar-refractivity contribution is 5.79. The van der Waals surface area contributed by atoms with Crippen LogP contribution in [0.5, 0.6) is 0 Å². The molecule has 0 saturated heterocycles. The van der Waals surface area contributed by atoms with Gasteiger partial charge in [0.1, 0.15) is 6.29 Å². The second-order valence-corrected chi connectivity index (χ2v) is 1.97. The molecule has 0 amide bonds. The van der Waals surface area contributed by atoms with Crippen LogP contribution in [0, 0.1) is 0 Å². The van der Waals surface area contributed by atoms with Gasteiger partial charge in [-0.05, 0) is 12.0 Å². The lowest BCUT2D eigenvalue weighted by molar-refractivity contribution is -0.104. The van der Waals surface area contributed by atoms with E-state index in [0.29, 0.717) is 5.57 Å². The maximum atomic E-state index is 10.1. The first kappa shape index (κ1) is 6.02. The third-order valence-corrected chi connectivity index (χ3v) is 1.33. The highest BCUT2D eigenvalue weighted by atomic mass is 16.1. The molecule has 9 heavy (non-hydrogen) atoms. The Morgan fingerprint density at radius 3 is 3.00 bits per heavy atom. The maximum absolute atomic E-state index is 10.1. The van der Waals surface area contributed by atoms with Crippen LogP contribution in [0.1, 0.15) is 6.42 Å². The maximum Gasteiger partial charge on any atom is 0.149 e. The van der Waals surface area contributed by atoms with Gasteiger partial charge >= 0.3 is 0 Å². The largest absolute Gasteiger partial charge is 0.298 e. The van der Waals surface area contributed by atoms with E-state index in [-0.39, 0.29) is 0 Å². The molecule has 0 aliphatic heterocycles. The molecule has 1 rings (SSSR count). The van der Waals surface area contributed by atoms with Gasteiger partial charge in [0, 0.05) is 5.57 Å². The predicted molar refractivity (Wildman–Crippen MR) is 37.0 cm³/mol. The molecule has 0 atom stereocenters. The lowest BCUT2D eigenvalue weighted by Gasteiger charge is -1.93. The van der Waals surface area contributed by atoms with E-state index in [1.807, 2.05) is 18.2 Å². The summed E-state index contributed by atoms with van der Waals surface area (Å²) in [6.45, 7) is 3.58. The van der Waals surface area contributed by atoms with Gasteiger partial charge in [-0.15, -0.1) is 0 Å². The van der Waals surface area contributed by atoms with Crippen LogP contribution in [-0.4, -0.2) is 6.29 Å². The van der Waals surface area contributed by atoms with Gasteiger partial charge in [-0.25, -0.2) is 0 Å². The first-order chi connectivity index (χ1) is 4.34. The molecular weight excluding hydrogens is 112 g/mol. The molecular formula is C8H8O. The fraction of sp³-hybridized carbons (Fsp3) is 0.125. The first-order valence-electron chi connectivity index (χ1n) is 2.85. The normalized spacial score (nSPS) is 15.3. The molecule has 0 aromatic rings. The summed E-state index contributed by atoms with van der Waals surface area (Å²) in [5.74, 6) is 0. The molecule has 46 valence electrons. The summed E-state index contributed by atoms with van der Waals surface area (Å²) < 4.78 is 0. The molecule has 0 N–H and O–H groups in total. The average molecular weight is 120 g/mol. The number of hydrogen-bond acceptors (Lipinski definition) is 1. The molecule has 1 aliphatic rings. The van der Waals surface area contributed by atoms with Crippen molar-refractivity contribution in [3.63, 3.8) is 0 Å². The highest BCUT2D eigenvalue weighted by Gasteiger charge is 2.00. The summed E-state index contributed by atoms with van der Waals surface area (Å²) in [4.78, 5) is 10.1. The number of aldehydes is 1. The summed E-state index contributed by atoms with van der Waals surface area (Å²) in [5, 5.41) is 0. The third-order valence-electron chi connectivity index (χ3n) is 1.33. The van der Waals surface area contributed by atoms with Crippen molar-refractivity contribution in [1.82, 2.24) is 0 Å².